The maximum Gasteiger partial charge on any atom is 0.161 e. The predicted molar refractivity (Wildman–Crippen MR) is 120 cm³/mol. The van der Waals surface area contributed by atoms with Gasteiger partial charge in [0.25, 0.3) is 0 Å². The average molecular weight is 414 g/mol. The number of dihydropyridines is 1. The van der Waals surface area contributed by atoms with Crippen LogP contribution in [0.3, 0.4) is 0 Å². The Labute approximate surface area is 183 Å². The molecule has 31 heavy (non-hydrogen) atoms. The Bertz CT molecular complexity index is 1050. The van der Waals surface area contributed by atoms with Gasteiger partial charge in [-0.3, -0.25) is 9.59 Å². The summed E-state index contributed by atoms with van der Waals surface area (Å²) in [7, 11) is 0. The molecule has 0 spiro atoms. The molecule has 4 nitrogen and oxygen atoms in total. The van der Waals surface area contributed by atoms with Crippen LogP contribution < -0.4 is 10.1 Å². The lowest BCUT2D eigenvalue weighted by molar-refractivity contribution is -0.116. The molecule has 1 heterocycles. The smallest absolute Gasteiger partial charge is 0.161 e. The largest absolute Gasteiger partial charge is 0.489 e. The Hall–Kier alpha value is -3.14. The Morgan fingerprint density at radius 2 is 1.39 bits per heavy atom. The van der Waals surface area contributed by atoms with E-state index >= 15 is 0 Å². The molecule has 0 atom stereocenters. The van der Waals surface area contributed by atoms with Gasteiger partial charge < -0.3 is 10.1 Å². The zero-order valence-corrected chi connectivity index (χ0v) is 17.9. The number of ether oxygens (including phenoxy) is 1. The fraction of sp³-hybridized carbons (Fsp3) is 0.333. The highest BCUT2D eigenvalue weighted by atomic mass is 16.5. The van der Waals surface area contributed by atoms with Crippen molar-refractivity contribution in [3.8, 4) is 5.75 Å². The number of nitrogens with one attached hydrogen (secondary N) is 1. The molecule has 2 aromatic carbocycles. The van der Waals surface area contributed by atoms with Gasteiger partial charge >= 0.3 is 0 Å². The third-order valence-corrected chi connectivity index (χ3v) is 6.53. The van der Waals surface area contributed by atoms with Gasteiger partial charge in [-0.25, -0.2) is 0 Å². The van der Waals surface area contributed by atoms with Gasteiger partial charge in [0.15, 0.2) is 11.6 Å². The van der Waals surface area contributed by atoms with Crippen molar-refractivity contribution in [2.24, 2.45) is 0 Å². The zero-order valence-electron chi connectivity index (χ0n) is 17.9. The molecular weight excluding hydrogens is 386 g/mol. The molecule has 1 aliphatic heterocycles. The van der Waals surface area contributed by atoms with Gasteiger partial charge in [0.2, 0.25) is 0 Å². The second-order valence-electron chi connectivity index (χ2n) is 8.74. The van der Waals surface area contributed by atoms with Crippen LogP contribution in [0.5, 0.6) is 5.75 Å². The van der Waals surface area contributed by atoms with Gasteiger partial charge in [0, 0.05) is 41.3 Å². The number of aryl methyl sites for hydroxylation is 1. The van der Waals surface area contributed by atoms with Gasteiger partial charge in [0.1, 0.15) is 12.4 Å². The number of allylic oxidation sites excluding steroid dienone is 4. The van der Waals surface area contributed by atoms with Crippen molar-refractivity contribution < 1.29 is 14.3 Å². The minimum Gasteiger partial charge on any atom is -0.489 e. The molecule has 0 radical (unpaired) electrons. The first-order valence-corrected chi connectivity index (χ1v) is 11.2. The Morgan fingerprint density at radius 3 is 1.97 bits per heavy atom. The van der Waals surface area contributed by atoms with E-state index in [1.54, 1.807) is 0 Å². The van der Waals surface area contributed by atoms with Crippen molar-refractivity contribution in [3.05, 3.63) is 87.8 Å². The van der Waals surface area contributed by atoms with Crippen LogP contribution in [0.2, 0.25) is 0 Å². The highest BCUT2D eigenvalue weighted by molar-refractivity contribution is 6.06. The van der Waals surface area contributed by atoms with E-state index in [4.69, 9.17) is 4.74 Å². The van der Waals surface area contributed by atoms with Crippen LogP contribution in [0.15, 0.2) is 71.1 Å². The molecule has 0 saturated carbocycles. The molecule has 0 aromatic heterocycles. The number of carbonyl (C=O) groups is 2. The standard InChI is InChI=1S/C27H27NO3/c1-17-8-10-18(11-9-17)16-31-20-14-12-19(13-15-20)25-26-21(4-2-6-23(26)29)28-22-5-3-7-24(30)27(22)25/h8-15,25,28H,2-7,16H2,1H3. The van der Waals surface area contributed by atoms with E-state index < -0.39 is 0 Å². The number of hydrogen-bond donors (Lipinski definition) is 1. The molecule has 0 bridgehead atoms. The van der Waals surface area contributed by atoms with E-state index in [0.717, 1.165) is 65.1 Å². The normalized spacial score (nSPS) is 19.1. The van der Waals surface area contributed by atoms with Gasteiger partial charge in [-0.15, -0.1) is 0 Å². The number of hydrogen-bond acceptors (Lipinski definition) is 4. The van der Waals surface area contributed by atoms with Crippen molar-refractivity contribution in [2.45, 2.75) is 58.0 Å². The predicted octanol–water partition coefficient (Wildman–Crippen LogP) is 5.28. The first-order chi connectivity index (χ1) is 15.1. The summed E-state index contributed by atoms with van der Waals surface area (Å²) in [5.41, 5.74) is 6.99. The van der Waals surface area contributed by atoms with E-state index in [1.165, 1.54) is 5.56 Å². The summed E-state index contributed by atoms with van der Waals surface area (Å²) < 4.78 is 5.96. The van der Waals surface area contributed by atoms with E-state index in [2.05, 4.69) is 36.5 Å². The van der Waals surface area contributed by atoms with Crippen molar-refractivity contribution in [3.63, 3.8) is 0 Å². The second kappa shape index (κ2) is 8.18. The molecule has 2 aliphatic carbocycles. The molecule has 3 aliphatic rings. The quantitative estimate of drug-likeness (QED) is 0.741. The molecule has 0 amide bonds. The number of Topliss-reactive ketones (excluding diaryl/α,β-unsaturated/α-hetero) is 2. The summed E-state index contributed by atoms with van der Waals surface area (Å²) in [6.45, 7) is 2.58. The molecular formula is C27H27NO3. The summed E-state index contributed by atoms with van der Waals surface area (Å²) in [4.78, 5) is 25.8. The van der Waals surface area contributed by atoms with Crippen LogP contribution in [-0.4, -0.2) is 11.6 Å². The summed E-state index contributed by atoms with van der Waals surface area (Å²) in [6, 6.07) is 16.2. The van der Waals surface area contributed by atoms with Gasteiger partial charge in [0.05, 0.1) is 0 Å². The van der Waals surface area contributed by atoms with Gasteiger partial charge in [-0.1, -0.05) is 42.0 Å². The first-order valence-electron chi connectivity index (χ1n) is 11.2. The fourth-order valence-corrected chi connectivity index (χ4v) is 4.92. The summed E-state index contributed by atoms with van der Waals surface area (Å²) in [6.07, 6.45) is 4.62. The molecule has 2 aromatic rings. The zero-order chi connectivity index (χ0) is 21.4. The second-order valence-corrected chi connectivity index (χ2v) is 8.74. The molecule has 0 saturated heterocycles. The van der Waals surface area contributed by atoms with Crippen LogP contribution in [0.25, 0.3) is 0 Å². The lowest BCUT2D eigenvalue weighted by atomic mass is 9.71. The van der Waals surface area contributed by atoms with Crippen molar-refractivity contribution in [1.29, 1.82) is 0 Å². The molecule has 0 fully saturated rings. The van der Waals surface area contributed by atoms with Crippen molar-refractivity contribution in [2.75, 3.05) is 0 Å². The van der Waals surface area contributed by atoms with Crippen LogP contribution in [0.1, 0.15) is 61.1 Å². The van der Waals surface area contributed by atoms with Crippen LogP contribution in [0, 0.1) is 6.92 Å². The van der Waals surface area contributed by atoms with E-state index in [-0.39, 0.29) is 17.5 Å². The molecule has 5 rings (SSSR count). The van der Waals surface area contributed by atoms with Gasteiger partial charge in [-0.2, -0.15) is 0 Å². The Balaban J connectivity index is 1.43. The number of carbonyl (C=O) groups excluding carboxylic acids is 2. The highest BCUT2D eigenvalue weighted by Crippen LogP contribution is 2.45. The minimum atomic E-state index is -0.252. The minimum absolute atomic E-state index is 0.170. The third-order valence-electron chi connectivity index (χ3n) is 6.53. The summed E-state index contributed by atoms with van der Waals surface area (Å²) >= 11 is 0. The molecule has 0 unspecified atom stereocenters. The van der Waals surface area contributed by atoms with Crippen LogP contribution >= 0.6 is 0 Å². The lowest BCUT2D eigenvalue weighted by Gasteiger charge is -2.37. The number of rotatable bonds is 4. The number of ketones is 2. The maximum absolute atomic E-state index is 12.9. The SMILES string of the molecule is Cc1ccc(COc2ccc(C3C4=C(CCCC4=O)NC4=C3C(=O)CCC4)cc2)cc1. The van der Waals surface area contributed by atoms with E-state index in [9.17, 15) is 9.59 Å². The first kappa shape index (κ1) is 19.8. The van der Waals surface area contributed by atoms with Crippen LogP contribution in [-0.2, 0) is 16.2 Å². The number of benzene rings is 2. The monoisotopic (exact) mass is 413 g/mol. The summed E-state index contributed by atoms with van der Waals surface area (Å²) in [5.74, 6) is 0.872. The maximum atomic E-state index is 12.9. The Morgan fingerprint density at radius 1 is 0.806 bits per heavy atom. The lowest BCUT2D eigenvalue weighted by Crippen LogP contribution is -2.36. The summed E-state index contributed by atoms with van der Waals surface area (Å²) in [5, 5.41) is 3.46. The fourth-order valence-electron chi connectivity index (χ4n) is 4.92. The molecule has 4 heteroatoms. The topological polar surface area (TPSA) is 55.4 Å². The van der Waals surface area contributed by atoms with E-state index in [0.29, 0.717) is 19.4 Å². The highest BCUT2D eigenvalue weighted by Gasteiger charge is 2.40. The van der Waals surface area contributed by atoms with E-state index in [1.807, 2.05) is 24.3 Å². The van der Waals surface area contributed by atoms with Crippen molar-refractivity contribution >= 4 is 11.6 Å². The van der Waals surface area contributed by atoms with Crippen LogP contribution in [0.4, 0.5) is 0 Å². The Kier molecular flexibility index (Phi) is 5.23. The molecule has 1 N–H and O–H groups in total. The molecule has 158 valence electrons. The van der Waals surface area contributed by atoms with Gasteiger partial charge in [-0.05, 0) is 55.9 Å². The average Bonchev–Trinajstić information content (AvgIpc) is 2.78. The van der Waals surface area contributed by atoms with Crippen molar-refractivity contribution in [1.82, 2.24) is 5.32 Å². The third kappa shape index (κ3) is 3.83.